The third kappa shape index (κ3) is 3.46. The zero-order valence-electron chi connectivity index (χ0n) is 14.7. The number of methoxy groups -OCH3 is 1. The normalized spacial score (nSPS) is 12.6. The van der Waals surface area contributed by atoms with Gasteiger partial charge in [0, 0.05) is 19.0 Å². The summed E-state index contributed by atoms with van der Waals surface area (Å²) in [5, 5.41) is 13.9. The number of hydrogen-bond donors (Lipinski definition) is 0. The number of rotatable bonds is 7. The molecule has 0 fully saturated rings. The van der Waals surface area contributed by atoms with Crippen LogP contribution in [0.15, 0.2) is 33.5 Å². The Morgan fingerprint density at radius 2 is 1.96 bits per heavy atom. The second kappa shape index (κ2) is 7.57. The van der Waals surface area contributed by atoms with Gasteiger partial charge in [-0.2, -0.15) is 5.10 Å². The van der Waals surface area contributed by atoms with E-state index in [1.165, 1.54) is 4.68 Å². The molecule has 0 spiro atoms. The number of ether oxygens (including phenoxy) is 1. The summed E-state index contributed by atoms with van der Waals surface area (Å²) in [7, 11) is 1.58. The molecule has 0 aliphatic rings. The highest BCUT2D eigenvalue weighted by atomic mass is 16.5. The average molecular weight is 342 g/mol. The molecule has 7 nitrogen and oxygen atoms in total. The number of benzene rings is 1. The van der Waals surface area contributed by atoms with Gasteiger partial charge in [0.25, 0.3) is 11.4 Å². The topological polar surface area (TPSA) is 83.0 Å². The molecule has 0 saturated carbocycles. The van der Waals surface area contributed by atoms with E-state index in [4.69, 9.17) is 9.15 Å². The van der Waals surface area contributed by atoms with Crippen LogP contribution < -0.4 is 5.56 Å². The molecule has 0 amide bonds. The van der Waals surface area contributed by atoms with Crippen LogP contribution in [0.3, 0.4) is 0 Å². The smallest absolute Gasteiger partial charge is 0.274 e. The number of fused-ring (bicyclic) bond motifs is 1. The molecule has 0 bridgehead atoms. The van der Waals surface area contributed by atoms with Crippen LogP contribution in [0.5, 0.6) is 0 Å². The second-order valence-electron chi connectivity index (χ2n) is 5.95. The first-order valence-corrected chi connectivity index (χ1v) is 8.52. The number of hydrogen-bond acceptors (Lipinski definition) is 6. The van der Waals surface area contributed by atoms with Gasteiger partial charge in [-0.05, 0) is 19.4 Å². The van der Waals surface area contributed by atoms with Crippen molar-refractivity contribution in [2.24, 2.45) is 0 Å². The van der Waals surface area contributed by atoms with Gasteiger partial charge in [-0.3, -0.25) is 4.79 Å². The molecule has 1 aromatic carbocycles. The van der Waals surface area contributed by atoms with Crippen molar-refractivity contribution in [2.75, 3.05) is 7.11 Å². The summed E-state index contributed by atoms with van der Waals surface area (Å²) < 4.78 is 12.4. The summed E-state index contributed by atoms with van der Waals surface area (Å²) in [5.74, 6) is 0.673. The first-order chi connectivity index (χ1) is 12.2. The average Bonchev–Trinajstić information content (AvgIpc) is 3.13. The molecule has 3 rings (SSSR count). The number of aryl methyl sites for hydroxylation is 1. The largest absolute Gasteiger partial charge is 0.416 e. The standard InChI is InChI=1S/C18H22N4O3/c1-4-5-8-11-22-18(23)14-10-7-6-9-13(14)15(21-22)17-20-19-16(25-17)12(2)24-3/h6-7,9-10,12H,4-5,8,11H2,1-3H3. The zero-order chi connectivity index (χ0) is 17.8. The third-order valence-electron chi connectivity index (χ3n) is 4.19. The Kier molecular flexibility index (Phi) is 5.23. The molecular formula is C18H22N4O3. The van der Waals surface area contributed by atoms with Crippen LogP contribution in [0.25, 0.3) is 22.4 Å². The van der Waals surface area contributed by atoms with E-state index in [9.17, 15) is 4.79 Å². The molecule has 1 atom stereocenters. The van der Waals surface area contributed by atoms with Gasteiger partial charge in [-0.1, -0.05) is 38.0 Å². The van der Waals surface area contributed by atoms with Gasteiger partial charge in [0.05, 0.1) is 5.39 Å². The molecule has 0 radical (unpaired) electrons. The highest BCUT2D eigenvalue weighted by Crippen LogP contribution is 2.25. The maximum absolute atomic E-state index is 12.7. The van der Waals surface area contributed by atoms with Crippen molar-refractivity contribution < 1.29 is 9.15 Å². The lowest BCUT2D eigenvalue weighted by molar-refractivity contribution is 0.0952. The minimum Gasteiger partial charge on any atom is -0.416 e. The molecule has 0 N–H and O–H groups in total. The summed E-state index contributed by atoms with van der Waals surface area (Å²) in [4.78, 5) is 12.7. The Morgan fingerprint density at radius 1 is 1.20 bits per heavy atom. The molecule has 1 unspecified atom stereocenters. The van der Waals surface area contributed by atoms with Crippen molar-refractivity contribution in [1.82, 2.24) is 20.0 Å². The number of aromatic nitrogens is 4. The van der Waals surface area contributed by atoms with Crippen LogP contribution in [0, 0.1) is 0 Å². The summed E-state index contributed by atoms with van der Waals surface area (Å²) in [6, 6.07) is 7.35. The van der Waals surface area contributed by atoms with E-state index >= 15 is 0 Å². The van der Waals surface area contributed by atoms with Crippen LogP contribution in [0.1, 0.15) is 45.1 Å². The SMILES string of the molecule is CCCCCn1nc(-c2nnc(C(C)OC)o2)c2ccccc2c1=O. The van der Waals surface area contributed by atoms with Crippen LogP contribution in [-0.2, 0) is 11.3 Å². The fourth-order valence-corrected chi connectivity index (χ4v) is 2.65. The fourth-order valence-electron chi connectivity index (χ4n) is 2.65. The second-order valence-corrected chi connectivity index (χ2v) is 5.95. The van der Waals surface area contributed by atoms with Gasteiger partial charge < -0.3 is 9.15 Å². The quantitative estimate of drug-likeness (QED) is 0.612. The first kappa shape index (κ1) is 17.3. The van der Waals surface area contributed by atoms with Crippen LogP contribution in [0.2, 0.25) is 0 Å². The third-order valence-corrected chi connectivity index (χ3v) is 4.19. The van der Waals surface area contributed by atoms with Gasteiger partial charge in [-0.25, -0.2) is 4.68 Å². The highest BCUT2D eigenvalue weighted by Gasteiger charge is 2.19. The predicted octanol–water partition coefficient (Wildman–Crippen LogP) is 3.34. The van der Waals surface area contributed by atoms with E-state index in [-0.39, 0.29) is 11.7 Å². The predicted molar refractivity (Wildman–Crippen MR) is 94.2 cm³/mol. The van der Waals surface area contributed by atoms with E-state index in [1.54, 1.807) is 13.2 Å². The Morgan fingerprint density at radius 3 is 2.68 bits per heavy atom. The van der Waals surface area contributed by atoms with Crippen LogP contribution in [-0.4, -0.2) is 27.1 Å². The zero-order valence-corrected chi connectivity index (χ0v) is 14.7. The fraction of sp³-hybridized carbons (Fsp3) is 0.444. The van der Waals surface area contributed by atoms with E-state index < -0.39 is 0 Å². The van der Waals surface area contributed by atoms with Crippen molar-refractivity contribution in [2.45, 2.75) is 45.8 Å². The van der Waals surface area contributed by atoms with Crippen molar-refractivity contribution in [3.05, 3.63) is 40.5 Å². The minimum atomic E-state index is -0.303. The highest BCUT2D eigenvalue weighted by molar-refractivity contribution is 5.91. The lowest BCUT2D eigenvalue weighted by Gasteiger charge is -2.09. The van der Waals surface area contributed by atoms with Crippen molar-refractivity contribution in [1.29, 1.82) is 0 Å². The van der Waals surface area contributed by atoms with Crippen LogP contribution in [0.4, 0.5) is 0 Å². The van der Waals surface area contributed by atoms with Gasteiger partial charge in [0.2, 0.25) is 5.89 Å². The molecule has 132 valence electrons. The summed E-state index contributed by atoms with van der Waals surface area (Å²) in [5.41, 5.74) is 0.425. The Hall–Kier alpha value is -2.54. The minimum absolute atomic E-state index is 0.0968. The van der Waals surface area contributed by atoms with E-state index in [1.807, 2.05) is 25.1 Å². The molecule has 7 heteroatoms. The Balaban J connectivity index is 2.11. The van der Waals surface area contributed by atoms with Crippen LogP contribution >= 0.6 is 0 Å². The monoisotopic (exact) mass is 342 g/mol. The van der Waals surface area contributed by atoms with Gasteiger partial charge in [0.1, 0.15) is 6.10 Å². The summed E-state index contributed by atoms with van der Waals surface area (Å²) in [6.45, 7) is 4.52. The lowest BCUT2D eigenvalue weighted by atomic mass is 10.1. The number of nitrogens with zero attached hydrogens (tertiary/aromatic N) is 4. The summed E-state index contributed by atoms with van der Waals surface area (Å²) >= 11 is 0. The molecule has 3 aromatic rings. The van der Waals surface area contributed by atoms with Crippen molar-refractivity contribution in [3.63, 3.8) is 0 Å². The number of unbranched alkanes of at least 4 members (excludes halogenated alkanes) is 2. The maximum atomic E-state index is 12.7. The van der Waals surface area contributed by atoms with E-state index in [2.05, 4.69) is 22.2 Å². The molecule has 25 heavy (non-hydrogen) atoms. The Labute approximate surface area is 145 Å². The van der Waals surface area contributed by atoms with Crippen molar-refractivity contribution in [3.8, 4) is 11.6 Å². The molecular weight excluding hydrogens is 320 g/mol. The maximum Gasteiger partial charge on any atom is 0.274 e. The van der Waals surface area contributed by atoms with Crippen molar-refractivity contribution >= 4 is 10.8 Å². The molecule has 2 heterocycles. The lowest BCUT2D eigenvalue weighted by Crippen LogP contribution is -2.24. The molecule has 0 aliphatic heterocycles. The molecule has 2 aromatic heterocycles. The molecule has 0 saturated heterocycles. The Bertz CT molecular complexity index is 916. The first-order valence-electron chi connectivity index (χ1n) is 8.52. The summed E-state index contributed by atoms with van der Waals surface area (Å²) in [6.07, 6.45) is 2.73. The van der Waals surface area contributed by atoms with E-state index in [0.717, 1.165) is 19.3 Å². The van der Waals surface area contributed by atoms with Gasteiger partial charge >= 0.3 is 0 Å². The molecule has 0 aliphatic carbocycles. The van der Waals surface area contributed by atoms with E-state index in [0.29, 0.717) is 34.8 Å². The van der Waals surface area contributed by atoms with Gasteiger partial charge in [-0.15, -0.1) is 10.2 Å². The van der Waals surface area contributed by atoms with Gasteiger partial charge in [0.15, 0.2) is 5.69 Å².